The van der Waals surface area contributed by atoms with Crippen molar-refractivity contribution in [3.8, 4) is 0 Å². The van der Waals surface area contributed by atoms with E-state index in [1.165, 1.54) is 193 Å². The average molecular weight is 1030 g/mol. The average Bonchev–Trinajstić information content (AvgIpc) is 3.38. The van der Waals surface area contributed by atoms with E-state index in [4.69, 9.17) is 18.9 Å². The molecule has 0 aromatic rings. The predicted molar refractivity (Wildman–Crippen MR) is 286 cm³/mol. The van der Waals surface area contributed by atoms with Crippen LogP contribution in [0.5, 0.6) is 0 Å². The Hall–Kier alpha value is -1.01. The number of aliphatic hydroxyl groups excluding tert-OH is 8. The van der Waals surface area contributed by atoms with E-state index >= 15 is 0 Å². The van der Waals surface area contributed by atoms with Gasteiger partial charge in [0.05, 0.1) is 32.0 Å². The third-order valence-electron chi connectivity index (χ3n) is 15.3. The largest absolute Gasteiger partial charge is 0.394 e. The first-order chi connectivity index (χ1) is 35.1. The summed E-state index contributed by atoms with van der Waals surface area (Å²) in [5.74, 6) is -0.202. The highest BCUT2D eigenvalue weighted by molar-refractivity contribution is 5.76. The number of carbonyl (C=O) groups excluding carboxylic acids is 1. The van der Waals surface area contributed by atoms with Gasteiger partial charge in [0.1, 0.15) is 48.8 Å². The number of nitrogens with one attached hydrogen (secondary N) is 1. The van der Waals surface area contributed by atoms with E-state index in [2.05, 4.69) is 19.2 Å². The van der Waals surface area contributed by atoms with Crippen molar-refractivity contribution in [3.05, 3.63) is 0 Å². The minimum atomic E-state index is -1.78. The fourth-order valence-corrected chi connectivity index (χ4v) is 10.4. The number of ether oxygens (including phenoxy) is 4. The van der Waals surface area contributed by atoms with Crippen LogP contribution in [0.25, 0.3) is 0 Å². The Morgan fingerprint density at radius 3 is 1.18 bits per heavy atom. The van der Waals surface area contributed by atoms with Crippen LogP contribution in [0.4, 0.5) is 0 Å². The SMILES string of the molecule is CCCCCCCCCCCCCCCCCCCCCCCCCCCCCCC(=O)N[C@@H](CO[C@@H]1O[C@H](CO)[C@@H](O[C@@H]2O[C@H](CO)[C@H](O)C(O)C2O)C(O)C1O)[C@H](O)CCCCCCCCCCCC. The number of unbranched alkanes of at least 4 members (excludes halogenated alkanes) is 36. The normalized spacial score (nSPS) is 25.5. The summed E-state index contributed by atoms with van der Waals surface area (Å²) < 4.78 is 22.8. The van der Waals surface area contributed by atoms with Crippen molar-refractivity contribution in [2.45, 2.75) is 344 Å². The molecule has 0 aliphatic carbocycles. The van der Waals surface area contributed by atoms with Gasteiger partial charge in [-0.05, 0) is 12.8 Å². The molecule has 2 aliphatic heterocycles. The van der Waals surface area contributed by atoms with Crippen LogP contribution in [0, 0.1) is 0 Å². The van der Waals surface area contributed by atoms with Crippen LogP contribution in [0.2, 0.25) is 0 Å². The highest BCUT2D eigenvalue weighted by atomic mass is 16.7. The smallest absolute Gasteiger partial charge is 0.220 e. The first kappa shape index (κ1) is 67.1. The number of hydrogen-bond acceptors (Lipinski definition) is 13. The zero-order valence-corrected chi connectivity index (χ0v) is 46.0. The minimum Gasteiger partial charge on any atom is -0.394 e. The second-order valence-electron chi connectivity index (χ2n) is 21.8. The molecule has 0 bridgehead atoms. The van der Waals surface area contributed by atoms with Crippen LogP contribution >= 0.6 is 0 Å². The Morgan fingerprint density at radius 1 is 0.444 bits per heavy atom. The van der Waals surface area contributed by atoms with E-state index in [1.54, 1.807) is 0 Å². The Kier molecular flexibility index (Phi) is 42.0. The summed E-state index contributed by atoms with van der Waals surface area (Å²) in [7, 11) is 0. The predicted octanol–water partition coefficient (Wildman–Crippen LogP) is 10.1. The Balaban J connectivity index is 1.63. The molecule has 72 heavy (non-hydrogen) atoms. The highest BCUT2D eigenvalue weighted by Gasteiger charge is 2.51. The van der Waals surface area contributed by atoms with Crippen LogP contribution in [-0.2, 0) is 23.7 Å². The number of carbonyl (C=O) groups is 1. The van der Waals surface area contributed by atoms with E-state index in [0.29, 0.717) is 12.8 Å². The topological polar surface area (TPSA) is 228 Å². The van der Waals surface area contributed by atoms with Gasteiger partial charge in [0.2, 0.25) is 5.91 Å². The number of rotatable bonds is 49. The van der Waals surface area contributed by atoms with E-state index in [9.17, 15) is 45.6 Å². The van der Waals surface area contributed by atoms with Crippen molar-refractivity contribution < 1.29 is 64.6 Å². The fraction of sp³-hybridized carbons (Fsp3) is 0.983. The first-order valence-electron chi connectivity index (χ1n) is 30.3. The Morgan fingerprint density at radius 2 is 0.792 bits per heavy atom. The highest BCUT2D eigenvalue weighted by Crippen LogP contribution is 2.30. The van der Waals surface area contributed by atoms with Gasteiger partial charge >= 0.3 is 0 Å². The third-order valence-corrected chi connectivity index (χ3v) is 15.3. The zero-order chi connectivity index (χ0) is 52.4. The van der Waals surface area contributed by atoms with E-state index in [1.807, 2.05) is 0 Å². The van der Waals surface area contributed by atoms with Crippen LogP contribution in [0.1, 0.15) is 271 Å². The van der Waals surface area contributed by atoms with Gasteiger partial charge in [-0.2, -0.15) is 0 Å². The molecule has 2 fully saturated rings. The molecule has 2 rings (SSSR count). The Labute approximate surface area is 438 Å². The molecule has 2 saturated heterocycles. The van der Waals surface area contributed by atoms with Crippen LogP contribution in [0.3, 0.4) is 0 Å². The van der Waals surface area contributed by atoms with Crippen LogP contribution in [-0.4, -0.2) is 140 Å². The van der Waals surface area contributed by atoms with Gasteiger partial charge in [-0.3, -0.25) is 4.79 Å². The molecule has 0 radical (unpaired) electrons. The van der Waals surface area contributed by atoms with Crippen molar-refractivity contribution in [1.82, 2.24) is 5.32 Å². The van der Waals surface area contributed by atoms with E-state index in [0.717, 1.165) is 51.4 Å². The van der Waals surface area contributed by atoms with Crippen molar-refractivity contribution >= 4 is 5.91 Å². The molecule has 2 heterocycles. The van der Waals surface area contributed by atoms with Gasteiger partial charge in [-0.15, -0.1) is 0 Å². The van der Waals surface area contributed by atoms with Gasteiger partial charge in [0.25, 0.3) is 0 Å². The summed E-state index contributed by atoms with van der Waals surface area (Å²) in [5.41, 5.74) is 0. The van der Waals surface area contributed by atoms with E-state index in [-0.39, 0.29) is 12.5 Å². The van der Waals surface area contributed by atoms with Crippen molar-refractivity contribution in [3.63, 3.8) is 0 Å². The van der Waals surface area contributed by atoms with Gasteiger partial charge in [-0.25, -0.2) is 0 Å². The first-order valence-corrected chi connectivity index (χ1v) is 30.3. The summed E-state index contributed by atoms with van der Waals surface area (Å²) in [6.45, 7) is 2.87. The molecular weight excluding hydrogens is 919 g/mol. The number of hydrogen-bond donors (Lipinski definition) is 9. The summed E-state index contributed by atoms with van der Waals surface area (Å²) in [6, 6.07) is -0.821. The summed E-state index contributed by atoms with van der Waals surface area (Å²) >= 11 is 0. The van der Waals surface area contributed by atoms with Crippen molar-refractivity contribution in [2.75, 3.05) is 19.8 Å². The molecule has 0 aromatic carbocycles. The molecule has 4 unspecified atom stereocenters. The van der Waals surface area contributed by atoms with Crippen LogP contribution in [0.15, 0.2) is 0 Å². The molecule has 1 amide bonds. The van der Waals surface area contributed by atoms with E-state index < -0.39 is 86.8 Å². The quantitative estimate of drug-likeness (QED) is 0.0259. The molecule has 2 aliphatic rings. The summed E-state index contributed by atoms with van der Waals surface area (Å²) in [5, 5.41) is 87.0. The number of amides is 1. The van der Waals surface area contributed by atoms with Crippen molar-refractivity contribution in [1.29, 1.82) is 0 Å². The number of aliphatic hydroxyl groups is 8. The Bertz CT molecular complexity index is 1220. The molecule has 0 aromatic heterocycles. The molecule has 9 N–H and O–H groups in total. The maximum atomic E-state index is 13.2. The monoisotopic (exact) mass is 1030 g/mol. The van der Waals surface area contributed by atoms with Gasteiger partial charge in [0.15, 0.2) is 12.6 Å². The summed E-state index contributed by atoms with van der Waals surface area (Å²) in [4.78, 5) is 13.2. The van der Waals surface area contributed by atoms with Crippen LogP contribution < -0.4 is 5.32 Å². The lowest BCUT2D eigenvalue weighted by molar-refractivity contribution is -0.359. The lowest BCUT2D eigenvalue weighted by atomic mass is 9.97. The lowest BCUT2D eigenvalue weighted by Gasteiger charge is -2.46. The third kappa shape index (κ3) is 30.7. The lowest BCUT2D eigenvalue weighted by Crippen LogP contribution is -2.65. The fourth-order valence-electron chi connectivity index (χ4n) is 10.4. The van der Waals surface area contributed by atoms with Gasteiger partial charge in [0, 0.05) is 6.42 Å². The maximum Gasteiger partial charge on any atom is 0.220 e. The molecule has 14 heteroatoms. The maximum absolute atomic E-state index is 13.2. The molecular formula is C58H113NO13. The second-order valence-corrected chi connectivity index (χ2v) is 21.8. The standard InChI is InChI=1S/C58H113NO13/c1-3-5-7-9-11-13-15-16-17-18-19-20-21-22-23-24-25-26-27-28-29-30-31-32-34-36-38-40-42-50(63)59-46(47(62)41-39-37-35-33-14-12-10-8-6-4-2)45-69-57-55(68)53(66)56(49(44-61)71-57)72-58-54(67)52(65)51(64)48(43-60)70-58/h46-49,51-58,60-62,64-68H,3-45H2,1-2H3,(H,59,63)/t46-,47+,48+,49+,51-,52?,53?,54?,55?,56+,57+,58-/m0/s1. The second kappa shape index (κ2) is 45.1. The molecule has 14 nitrogen and oxygen atoms in total. The molecule has 0 saturated carbocycles. The minimum absolute atomic E-state index is 0.202. The molecule has 428 valence electrons. The van der Waals surface area contributed by atoms with Crippen molar-refractivity contribution in [2.24, 2.45) is 0 Å². The molecule has 12 atom stereocenters. The molecule has 0 spiro atoms. The van der Waals surface area contributed by atoms with Gasteiger partial charge < -0.3 is 65.1 Å². The summed E-state index contributed by atoms with van der Waals surface area (Å²) in [6.07, 6.45) is 32.8. The zero-order valence-electron chi connectivity index (χ0n) is 46.0. The van der Waals surface area contributed by atoms with Gasteiger partial charge in [-0.1, -0.05) is 251 Å².